The minimum absolute atomic E-state index is 0.00552. The van der Waals surface area contributed by atoms with Gasteiger partial charge in [-0.2, -0.15) is 8.78 Å². The van der Waals surface area contributed by atoms with E-state index in [4.69, 9.17) is 0 Å². The number of ether oxygens (including phenoxy) is 1. The predicted octanol–water partition coefficient (Wildman–Crippen LogP) is 3.23. The van der Waals surface area contributed by atoms with E-state index in [-0.39, 0.29) is 17.2 Å². The number of hydrogen-bond donors (Lipinski definition) is 1. The maximum absolute atomic E-state index is 12.9. The highest BCUT2D eigenvalue weighted by atomic mass is 19.3. The van der Waals surface area contributed by atoms with Crippen molar-refractivity contribution in [3.8, 4) is 5.75 Å². The Morgan fingerprint density at radius 2 is 2.04 bits per heavy atom. The molecule has 2 heterocycles. The Morgan fingerprint density at radius 1 is 1.26 bits per heavy atom. The third kappa shape index (κ3) is 4.39. The van der Waals surface area contributed by atoms with Crippen LogP contribution in [0.15, 0.2) is 42.6 Å². The highest BCUT2D eigenvalue weighted by molar-refractivity contribution is 6.02. The van der Waals surface area contributed by atoms with Crippen molar-refractivity contribution in [3.63, 3.8) is 0 Å². The smallest absolute Gasteiger partial charge is 0.387 e. The van der Waals surface area contributed by atoms with E-state index in [1.54, 1.807) is 18.3 Å². The van der Waals surface area contributed by atoms with Gasteiger partial charge in [0.25, 0.3) is 5.91 Å². The zero-order valence-corrected chi connectivity index (χ0v) is 14.7. The molecule has 2 amide bonds. The molecule has 1 atom stereocenters. The quantitative estimate of drug-likeness (QED) is 0.871. The molecule has 8 heteroatoms. The van der Waals surface area contributed by atoms with Gasteiger partial charge in [0.1, 0.15) is 17.6 Å². The van der Waals surface area contributed by atoms with Gasteiger partial charge in [-0.05, 0) is 43.5 Å². The third-order valence-corrected chi connectivity index (χ3v) is 4.31. The molecule has 1 fully saturated rings. The number of hydrogen-bond acceptors (Lipinski definition) is 4. The lowest BCUT2D eigenvalue weighted by molar-refractivity contribution is -0.119. The van der Waals surface area contributed by atoms with Crippen molar-refractivity contribution < 1.29 is 23.1 Å². The maximum atomic E-state index is 12.9. The summed E-state index contributed by atoms with van der Waals surface area (Å²) in [5, 5.41) is 2.70. The van der Waals surface area contributed by atoms with E-state index in [0.29, 0.717) is 25.2 Å². The summed E-state index contributed by atoms with van der Waals surface area (Å²) in [6.45, 7) is -0.792. The average molecular weight is 375 g/mol. The minimum atomic E-state index is -3.04. The van der Waals surface area contributed by atoms with E-state index in [9.17, 15) is 18.4 Å². The number of aryl methyl sites for hydroxylation is 1. The molecular weight excluding hydrogens is 356 g/mol. The maximum Gasteiger partial charge on any atom is 0.387 e. The molecule has 0 aliphatic carbocycles. The van der Waals surface area contributed by atoms with Crippen LogP contribution in [-0.4, -0.2) is 40.9 Å². The molecule has 0 spiro atoms. The highest BCUT2D eigenvalue weighted by Crippen LogP contribution is 2.26. The number of rotatable bonds is 5. The second kappa shape index (κ2) is 8.11. The molecule has 1 aromatic heterocycles. The van der Waals surface area contributed by atoms with Gasteiger partial charge in [0.2, 0.25) is 5.91 Å². The monoisotopic (exact) mass is 375 g/mol. The van der Waals surface area contributed by atoms with Gasteiger partial charge in [-0.3, -0.25) is 9.59 Å². The third-order valence-electron chi connectivity index (χ3n) is 4.31. The largest absolute Gasteiger partial charge is 0.434 e. The number of nitrogens with zero attached hydrogens (tertiary/aromatic N) is 2. The van der Waals surface area contributed by atoms with E-state index >= 15 is 0 Å². The van der Waals surface area contributed by atoms with Gasteiger partial charge >= 0.3 is 6.61 Å². The summed E-state index contributed by atoms with van der Waals surface area (Å²) in [5.74, 6) is -0.680. The second-order valence-corrected chi connectivity index (χ2v) is 6.24. The Bertz CT molecular complexity index is 827. The van der Waals surface area contributed by atoms with Crippen LogP contribution in [0.2, 0.25) is 0 Å². The molecule has 142 valence electrons. The summed E-state index contributed by atoms with van der Waals surface area (Å²) in [6, 6.07) is 8.59. The molecule has 1 aliphatic rings. The number of anilines is 1. The predicted molar refractivity (Wildman–Crippen MR) is 94.7 cm³/mol. The number of aromatic nitrogens is 1. The first-order valence-corrected chi connectivity index (χ1v) is 8.54. The first-order chi connectivity index (χ1) is 13.0. The normalized spacial score (nSPS) is 16.4. The molecule has 2 aromatic rings. The number of carbonyl (C=O) groups excluding carboxylic acids is 2. The minimum Gasteiger partial charge on any atom is -0.434 e. The van der Waals surface area contributed by atoms with E-state index in [1.165, 1.54) is 23.1 Å². The first-order valence-electron chi connectivity index (χ1n) is 8.54. The molecule has 3 rings (SSSR count). The van der Waals surface area contributed by atoms with Crippen molar-refractivity contribution >= 4 is 17.6 Å². The number of likely N-dealkylation sites (tertiary alicyclic amines) is 1. The first kappa shape index (κ1) is 18.8. The second-order valence-electron chi connectivity index (χ2n) is 6.24. The molecule has 1 saturated heterocycles. The fourth-order valence-electron chi connectivity index (χ4n) is 3.03. The Morgan fingerprint density at radius 3 is 2.74 bits per heavy atom. The lowest BCUT2D eigenvalue weighted by Gasteiger charge is -2.24. The number of nitrogens with one attached hydrogen (secondary N) is 1. The highest BCUT2D eigenvalue weighted by Gasteiger charge is 2.35. The standard InChI is InChI=1S/C19H19F2N3O3/c1-12-8-9-16(22-11-12)23-17(25)14-6-4-10-24(14)18(26)13-5-2-3-7-15(13)27-19(20)21/h2-3,5,7-9,11,14,19H,4,6,10H2,1H3,(H,22,23,25). The van der Waals surface area contributed by atoms with Crippen LogP contribution in [0.4, 0.5) is 14.6 Å². The van der Waals surface area contributed by atoms with Crippen LogP contribution in [0.5, 0.6) is 5.75 Å². The number of benzene rings is 1. The lowest BCUT2D eigenvalue weighted by Crippen LogP contribution is -2.43. The molecule has 1 aromatic carbocycles. The van der Waals surface area contributed by atoms with Crippen molar-refractivity contribution in [2.24, 2.45) is 0 Å². The number of para-hydroxylation sites is 1. The molecule has 27 heavy (non-hydrogen) atoms. The molecule has 0 saturated carbocycles. The summed E-state index contributed by atoms with van der Waals surface area (Å²) >= 11 is 0. The summed E-state index contributed by atoms with van der Waals surface area (Å²) < 4.78 is 29.6. The van der Waals surface area contributed by atoms with Crippen molar-refractivity contribution in [2.75, 3.05) is 11.9 Å². The van der Waals surface area contributed by atoms with Crippen LogP contribution in [0.1, 0.15) is 28.8 Å². The van der Waals surface area contributed by atoms with Gasteiger partial charge in [-0.1, -0.05) is 18.2 Å². The van der Waals surface area contributed by atoms with Crippen LogP contribution >= 0.6 is 0 Å². The molecular formula is C19H19F2N3O3. The van der Waals surface area contributed by atoms with E-state index in [1.807, 2.05) is 13.0 Å². The SMILES string of the molecule is Cc1ccc(NC(=O)C2CCCN2C(=O)c2ccccc2OC(F)F)nc1. The van der Waals surface area contributed by atoms with Crippen LogP contribution in [0.25, 0.3) is 0 Å². The molecule has 0 bridgehead atoms. The number of amides is 2. The molecule has 1 N–H and O–H groups in total. The lowest BCUT2D eigenvalue weighted by atomic mass is 10.1. The zero-order chi connectivity index (χ0) is 19.4. The number of alkyl halides is 2. The molecule has 1 aliphatic heterocycles. The molecule has 1 unspecified atom stereocenters. The Kier molecular flexibility index (Phi) is 5.63. The fourth-order valence-corrected chi connectivity index (χ4v) is 3.03. The summed E-state index contributed by atoms with van der Waals surface area (Å²) in [7, 11) is 0. The number of pyridine rings is 1. The Balaban J connectivity index is 1.76. The Labute approximate surface area is 155 Å². The van der Waals surface area contributed by atoms with Crippen LogP contribution in [-0.2, 0) is 4.79 Å². The number of halogens is 2. The summed E-state index contributed by atoms with van der Waals surface area (Å²) in [5.41, 5.74) is 0.965. The fraction of sp³-hybridized carbons (Fsp3) is 0.316. The van der Waals surface area contributed by atoms with Crippen molar-refractivity contribution in [1.29, 1.82) is 0 Å². The van der Waals surface area contributed by atoms with E-state index < -0.39 is 18.6 Å². The average Bonchev–Trinajstić information content (AvgIpc) is 3.13. The molecule has 6 nitrogen and oxygen atoms in total. The summed E-state index contributed by atoms with van der Waals surface area (Å²) in [6.07, 6.45) is 2.76. The van der Waals surface area contributed by atoms with Crippen LogP contribution in [0, 0.1) is 6.92 Å². The molecule has 0 radical (unpaired) electrons. The van der Waals surface area contributed by atoms with E-state index in [2.05, 4.69) is 15.0 Å². The van der Waals surface area contributed by atoms with Crippen LogP contribution in [0.3, 0.4) is 0 Å². The van der Waals surface area contributed by atoms with Gasteiger partial charge in [0.15, 0.2) is 0 Å². The Hall–Kier alpha value is -3.03. The number of carbonyl (C=O) groups is 2. The van der Waals surface area contributed by atoms with Gasteiger partial charge in [-0.15, -0.1) is 0 Å². The van der Waals surface area contributed by atoms with Crippen molar-refractivity contribution in [1.82, 2.24) is 9.88 Å². The van der Waals surface area contributed by atoms with Crippen molar-refractivity contribution in [3.05, 3.63) is 53.7 Å². The topological polar surface area (TPSA) is 71.5 Å². The summed E-state index contributed by atoms with van der Waals surface area (Å²) in [4.78, 5) is 31.0. The van der Waals surface area contributed by atoms with Gasteiger partial charge in [0.05, 0.1) is 5.56 Å². The zero-order valence-electron chi connectivity index (χ0n) is 14.7. The van der Waals surface area contributed by atoms with Gasteiger partial charge in [0, 0.05) is 12.7 Å². The van der Waals surface area contributed by atoms with E-state index in [0.717, 1.165) is 5.56 Å². The van der Waals surface area contributed by atoms with Gasteiger partial charge < -0.3 is 15.0 Å². The van der Waals surface area contributed by atoms with Crippen molar-refractivity contribution in [2.45, 2.75) is 32.4 Å². The van der Waals surface area contributed by atoms with Crippen LogP contribution < -0.4 is 10.1 Å². The van der Waals surface area contributed by atoms with Gasteiger partial charge in [-0.25, -0.2) is 4.98 Å².